The first-order valence-electron chi connectivity index (χ1n) is 5.10. The average Bonchev–Trinajstić information content (AvgIpc) is 2.76. The molecule has 0 fully saturated rings. The lowest BCUT2D eigenvalue weighted by Crippen LogP contribution is -2.12. The predicted octanol–water partition coefficient (Wildman–Crippen LogP) is 1.97. The summed E-state index contributed by atoms with van der Waals surface area (Å²) in [7, 11) is 0. The summed E-state index contributed by atoms with van der Waals surface area (Å²) in [5.41, 5.74) is 1.56. The Labute approximate surface area is 111 Å². The van der Waals surface area contributed by atoms with Gasteiger partial charge >= 0.3 is 0 Å². The Morgan fingerprint density at radius 1 is 1.33 bits per heavy atom. The SMILES string of the molecule is O=c1[nH]c2cc(Cl)c(Cl)cc2n2c(CO)cnc12. The van der Waals surface area contributed by atoms with Crippen LogP contribution in [0.25, 0.3) is 16.7 Å². The molecule has 3 aromatic rings. The maximum absolute atomic E-state index is 11.8. The Balaban J connectivity index is 2.61. The summed E-state index contributed by atoms with van der Waals surface area (Å²) in [6.45, 7) is -0.222. The first kappa shape index (κ1) is 11.5. The van der Waals surface area contributed by atoms with Crippen LogP contribution in [0.1, 0.15) is 5.69 Å². The zero-order valence-corrected chi connectivity index (χ0v) is 10.5. The largest absolute Gasteiger partial charge is 0.390 e. The smallest absolute Gasteiger partial charge is 0.292 e. The molecule has 0 aliphatic rings. The van der Waals surface area contributed by atoms with Crippen molar-refractivity contribution in [1.82, 2.24) is 14.4 Å². The quantitative estimate of drug-likeness (QED) is 0.717. The molecule has 5 nitrogen and oxygen atoms in total. The van der Waals surface area contributed by atoms with Gasteiger partial charge in [0.15, 0.2) is 0 Å². The fourth-order valence-corrected chi connectivity index (χ4v) is 2.25. The van der Waals surface area contributed by atoms with Crippen LogP contribution in [0.5, 0.6) is 0 Å². The van der Waals surface area contributed by atoms with Crippen molar-refractivity contribution in [3.63, 3.8) is 0 Å². The summed E-state index contributed by atoms with van der Waals surface area (Å²) in [6.07, 6.45) is 1.45. The second kappa shape index (κ2) is 3.98. The minimum atomic E-state index is -0.347. The van der Waals surface area contributed by atoms with Crippen molar-refractivity contribution >= 4 is 39.9 Å². The van der Waals surface area contributed by atoms with Crippen molar-refractivity contribution in [1.29, 1.82) is 0 Å². The van der Waals surface area contributed by atoms with Crippen LogP contribution in [-0.2, 0) is 6.61 Å². The molecule has 0 aliphatic heterocycles. The molecule has 0 saturated carbocycles. The molecule has 0 saturated heterocycles. The lowest BCUT2D eigenvalue weighted by atomic mass is 10.3. The molecular formula is C11H7Cl2N3O2. The lowest BCUT2D eigenvalue weighted by molar-refractivity contribution is 0.276. The van der Waals surface area contributed by atoms with Crippen LogP contribution in [0.15, 0.2) is 23.1 Å². The number of aromatic amines is 1. The number of aromatic nitrogens is 3. The second-order valence-corrected chi connectivity index (χ2v) is 4.62. The number of fused-ring (bicyclic) bond motifs is 3. The van der Waals surface area contributed by atoms with Crippen molar-refractivity contribution in [3.8, 4) is 0 Å². The van der Waals surface area contributed by atoms with Crippen molar-refractivity contribution in [2.75, 3.05) is 0 Å². The first-order chi connectivity index (χ1) is 8.61. The molecule has 0 amide bonds. The van der Waals surface area contributed by atoms with Crippen molar-refractivity contribution in [2.24, 2.45) is 0 Å². The Morgan fingerprint density at radius 2 is 2.06 bits per heavy atom. The van der Waals surface area contributed by atoms with Gasteiger partial charge in [-0.3, -0.25) is 9.20 Å². The highest BCUT2D eigenvalue weighted by molar-refractivity contribution is 6.42. The molecule has 2 N–H and O–H groups in total. The Bertz CT molecular complexity index is 822. The van der Waals surface area contributed by atoms with Crippen molar-refractivity contribution in [2.45, 2.75) is 6.61 Å². The molecule has 3 rings (SSSR count). The normalized spacial score (nSPS) is 11.5. The van der Waals surface area contributed by atoms with E-state index in [-0.39, 0.29) is 17.8 Å². The summed E-state index contributed by atoms with van der Waals surface area (Å²) < 4.78 is 1.57. The molecule has 0 spiro atoms. The Hall–Kier alpha value is -1.56. The molecular weight excluding hydrogens is 277 g/mol. The fraction of sp³-hybridized carbons (Fsp3) is 0.0909. The van der Waals surface area contributed by atoms with Gasteiger partial charge in [-0.2, -0.15) is 0 Å². The number of imidazole rings is 1. The van der Waals surface area contributed by atoms with Crippen LogP contribution < -0.4 is 5.56 Å². The summed E-state index contributed by atoms with van der Waals surface area (Å²) >= 11 is 11.9. The van der Waals surface area contributed by atoms with Crippen LogP contribution in [0.2, 0.25) is 10.0 Å². The van der Waals surface area contributed by atoms with Crippen LogP contribution >= 0.6 is 23.2 Å². The van der Waals surface area contributed by atoms with E-state index in [1.54, 1.807) is 16.5 Å². The Morgan fingerprint density at radius 3 is 2.78 bits per heavy atom. The first-order valence-corrected chi connectivity index (χ1v) is 5.85. The Kier molecular flexibility index (Phi) is 2.55. The number of halogens is 2. The van der Waals surface area contributed by atoms with E-state index in [2.05, 4.69) is 9.97 Å². The zero-order valence-electron chi connectivity index (χ0n) is 8.94. The number of hydrogen-bond acceptors (Lipinski definition) is 3. The summed E-state index contributed by atoms with van der Waals surface area (Å²) in [6, 6.07) is 3.20. The van der Waals surface area contributed by atoms with Crippen LogP contribution in [0.4, 0.5) is 0 Å². The van der Waals surface area contributed by atoms with E-state index in [1.165, 1.54) is 6.20 Å². The monoisotopic (exact) mass is 283 g/mol. The molecule has 2 heterocycles. The van der Waals surface area contributed by atoms with Gasteiger partial charge in [-0.15, -0.1) is 0 Å². The maximum Gasteiger partial charge on any atom is 0.292 e. The molecule has 0 atom stereocenters. The van der Waals surface area contributed by atoms with Gasteiger partial charge < -0.3 is 10.1 Å². The van der Waals surface area contributed by atoms with E-state index >= 15 is 0 Å². The van der Waals surface area contributed by atoms with Crippen LogP contribution in [0.3, 0.4) is 0 Å². The maximum atomic E-state index is 11.8. The molecule has 2 aromatic heterocycles. The number of aliphatic hydroxyl groups is 1. The lowest BCUT2D eigenvalue weighted by Gasteiger charge is -2.06. The van der Waals surface area contributed by atoms with Gasteiger partial charge in [-0.25, -0.2) is 4.98 Å². The molecule has 92 valence electrons. The molecule has 0 bridgehead atoms. The van der Waals surface area contributed by atoms with E-state index in [0.717, 1.165) is 0 Å². The zero-order chi connectivity index (χ0) is 12.9. The topological polar surface area (TPSA) is 70.4 Å². The fourth-order valence-electron chi connectivity index (χ4n) is 1.93. The van der Waals surface area contributed by atoms with Crippen LogP contribution in [0, 0.1) is 0 Å². The van der Waals surface area contributed by atoms with Gasteiger partial charge in [0.2, 0.25) is 5.65 Å². The van der Waals surface area contributed by atoms with E-state index in [4.69, 9.17) is 23.2 Å². The molecule has 0 aliphatic carbocycles. The number of benzene rings is 1. The molecule has 1 aromatic carbocycles. The summed E-state index contributed by atoms with van der Waals surface area (Å²) in [5, 5.41) is 9.99. The van der Waals surface area contributed by atoms with Gasteiger partial charge in [0.1, 0.15) is 0 Å². The number of nitrogens with zero attached hydrogens (tertiary/aromatic N) is 2. The van der Waals surface area contributed by atoms with Crippen molar-refractivity contribution in [3.05, 3.63) is 44.4 Å². The van der Waals surface area contributed by atoms with E-state index in [1.807, 2.05) is 0 Å². The van der Waals surface area contributed by atoms with Crippen LogP contribution in [-0.4, -0.2) is 19.5 Å². The summed E-state index contributed by atoms with van der Waals surface area (Å²) in [4.78, 5) is 18.5. The number of nitrogens with one attached hydrogen (secondary N) is 1. The van der Waals surface area contributed by atoms with Gasteiger partial charge in [-0.1, -0.05) is 23.2 Å². The highest BCUT2D eigenvalue weighted by Gasteiger charge is 2.12. The predicted molar refractivity (Wildman–Crippen MR) is 69.3 cm³/mol. The van der Waals surface area contributed by atoms with Crippen molar-refractivity contribution < 1.29 is 5.11 Å². The number of aliphatic hydroxyl groups excluding tert-OH is 1. The third-order valence-electron chi connectivity index (χ3n) is 2.73. The van der Waals surface area contributed by atoms with Gasteiger partial charge in [0, 0.05) is 0 Å². The number of hydrogen-bond donors (Lipinski definition) is 2. The standard InChI is InChI=1S/C11H7Cl2N3O2/c12-6-1-8-9(2-7(6)13)16-5(4-17)3-14-10(16)11(18)15-8/h1-3,17H,4H2,(H,15,18). The van der Waals surface area contributed by atoms with Gasteiger partial charge in [-0.05, 0) is 12.1 Å². The third-order valence-corrected chi connectivity index (χ3v) is 3.45. The highest BCUT2D eigenvalue weighted by atomic mass is 35.5. The summed E-state index contributed by atoms with van der Waals surface area (Å²) in [5.74, 6) is 0. The molecule has 7 heteroatoms. The van der Waals surface area contributed by atoms with E-state index in [9.17, 15) is 9.90 Å². The van der Waals surface area contributed by atoms with E-state index < -0.39 is 0 Å². The van der Waals surface area contributed by atoms with Gasteiger partial charge in [0.05, 0.1) is 39.6 Å². The van der Waals surface area contributed by atoms with Gasteiger partial charge in [0.25, 0.3) is 5.56 Å². The number of rotatable bonds is 1. The molecule has 0 radical (unpaired) electrons. The minimum Gasteiger partial charge on any atom is -0.390 e. The average molecular weight is 284 g/mol. The van der Waals surface area contributed by atoms with E-state index in [0.29, 0.717) is 26.8 Å². The second-order valence-electron chi connectivity index (χ2n) is 3.80. The third kappa shape index (κ3) is 1.52. The molecule has 0 unspecified atom stereocenters. The highest BCUT2D eigenvalue weighted by Crippen LogP contribution is 2.27. The number of H-pyrrole nitrogens is 1. The minimum absolute atomic E-state index is 0.213. The molecule has 18 heavy (non-hydrogen) atoms.